The lowest BCUT2D eigenvalue weighted by Gasteiger charge is -2.10. The van der Waals surface area contributed by atoms with Crippen molar-refractivity contribution in [1.29, 1.82) is 0 Å². The maximum atomic E-state index is 5.80. The van der Waals surface area contributed by atoms with Crippen molar-refractivity contribution in [2.75, 3.05) is 58.9 Å². The maximum absolute atomic E-state index is 5.80. The number of nitrogens with two attached hydrogens (primary N) is 2. The lowest BCUT2D eigenvalue weighted by molar-refractivity contribution is 0.664. The molecule has 3 rings (SSSR count). The Kier molecular flexibility index (Phi) is 8.42. The van der Waals surface area contributed by atoms with Gasteiger partial charge in [0.2, 0.25) is 35.7 Å². The van der Waals surface area contributed by atoms with Gasteiger partial charge in [0, 0.05) is 26.2 Å². The summed E-state index contributed by atoms with van der Waals surface area (Å²) in [6.07, 6.45) is 8.42. The molecule has 2 aromatic rings. The topological polar surface area (TPSA) is 178 Å². The molecule has 0 aliphatic carbocycles. The highest BCUT2D eigenvalue weighted by atomic mass is 15.3. The Morgan fingerprint density at radius 3 is 0.933 bits per heavy atom. The predicted molar refractivity (Wildman–Crippen MR) is 119 cm³/mol. The summed E-state index contributed by atoms with van der Waals surface area (Å²) in [7, 11) is 0. The van der Waals surface area contributed by atoms with Gasteiger partial charge in [-0.1, -0.05) is 25.7 Å². The first-order chi connectivity index (χ1) is 14.7. The summed E-state index contributed by atoms with van der Waals surface area (Å²) in [5.74, 6) is 2.51. The molecular formula is C18H32N12. The van der Waals surface area contributed by atoms with Crippen LogP contribution < -0.4 is 32.7 Å². The Balaban J connectivity index is 1.53. The van der Waals surface area contributed by atoms with Crippen LogP contribution in [0.2, 0.25) is 0 Å². The average molecular weight is 417 g/mol. The molecule has 0 atom stereocenters. The molecule has 0 saturated carbocycles. The number of nitrogens with zero attached hydrogens (tertiary/aromatic N) is 6. The van der Waals surface area contributed by atoms with E-state index in [-0.39, 0.29) is 11.9 Å². The molecule has 12 nitrogen and oxygen atoms in total. The van der Waals surface area contributed by atoms with Crippen LogP contribution in [0, 0.1) is 0 Å². The van der Waals surface area contributed by atoms with Crippen LogP contribution in [0.5, 0.6) is 0 Å². The number of nitrogens with one attached hydrogen (secondary N) is 4. The first-order valence-electron chi connectivity index (χ1n) is 10.7. The van der Waals surface area contributed by atoms with Crippen molar-refractivity contribution in [3.8, 4) is 0 Å². The van der Waals surface area contributed by atoms with Crippen LogP contribution in [0.15, 0.2) is 0 Å². The largest absolute Gasteiger partial charge is 0.368 e. The van der Waals surface area contributed by atoms with Crippen molar-refractivity contribution in [3.63, 3.8) is 0 Å². The quantitative estimate of drug-likeness (QED) is 0.367. The van der Waals surface area contributed by atoms with E-state index in [1.165, 1.54) is 0 Å². The molecule has 0 fully saturated rings. The summed E-state index contributed by atoms with van der Waals surface area (Å²) in [4.78, 5) is 25.4. The molecule has 3 heterocycles. The standard InChI is InChI=1S/C18H32N12/c19-13-25-15-21-9-5-1-2-6-10-22-16-26-14(20)28-18(30-16)24-12-8-4-3-7-11-23-17(27-13)29-15/h1-12H2,(H4,19,21,23,25,27,29)(H4,20,22,24,26,28,30). The van der Waals surface area contributed by atoms with Crippen molar-refractivity contribution in [1.82, 2.24) is 29.9 Å². The van der Waals surface area contributed by atoms with Gasteiger partial charge in [-0.15, -0.1) is 0 Å². The SMILES string of the molecule is Nc1nc2nc(n1)NCCCCCCNc1nc(N)nc(n1)NCCCCCCN2. The maximum Gasteiger partial charge on any atom is 0.229 e. The molecule has 0 spiro atoms. The Morgan fingerprint density at radius 1 is 0.400 bits per heavy atom. The van der Waals surface area contributed by atoms with E-state index < -0.39 is 0 Å². The zero-order valence-electron chi connectivity index (χ0n) is 17.3. The minimum Gasteiger partial charge on any atom is -0.368 e. The van der Waals surface area contributed by atoms with Gasteiger partial charge in [0.1, 0.15) is 0 Å². The summed E-state index contributed by atoms with van der Waals surface area (Å²) >= 11 is 0. The second-order valence-electron chi connectivity index (χ2n) is 7.22. The molecule has 0 amide bonds. The van der Waals surface area contributed by atoms with E-state index in [9.17, 15) is 0 Å². The van der Waals surface area contributed by atoms with E-state index in [1.54, 1.807) is 0 Å². The lowest BCUT2D eigenvalue weighted by Crippen LogP contribution is -2.13. The molecule has 8 N–H and O–H groups in total. The van der Waals surface area contributed by atoms with Gasteiger partial charge in [-0.2, -0.15) is 29.9 Å². The number of hydrogen-bond acceptors (Lipinski definition) is 12. The van der Waals surface area contributed by atoms with Gasteiger partial charge in [0.05, 0.1) is 0 Å². The highest BCUT2D eigenvalue weighted by Crippen LogP contribution is 2.11. The van der Waals surface area contributed by atoms with Crippen LogP contribution in [-0.2, 0) is 0 Å². The number of rotatable bonds is 0. The van der Waals surface area contributed by atoms with Gasteiger partial charge >= 0.3 is 0 Å². The van der Waals surface area contributed by atoms with Gasteiger partial charge in [-0.25, -0.2) is 0 Å². The zero-order valence-corrected chi connectivity index (χ0v) is 17.3. The number of anilines is 6. The third-order valence-corrected chi connectivity index (χ3v) is 4.64. The Labute approximate surface area is 176 Å². The van der Waals surface area contributed by atoms with Crippen molar-refractivity contribution in [3.05, 3.63) is 0 Å². The van der Waals surface area contributed by atoms with Gasteiger partial charge in [0.15, 0.2) is 0 Å². The van der Waals surface area contributed by atoms with Crippen molar-refractivity contribution >= 4 is 35.7 Å². The van der Waals surface area contributed by atoms with Gasteiger partial charge in [0.25, 0.3) is 0 Å². The van der Waals surface area contributed by atoms with Crippen LogP contribution in [-0.4, -0.2) is 56.1 Å². The number of hydrogen-bond donors (Lipinski definition) is 6. The smallest absolute Gasteiger partial charge is 0.229 e. The van der Waals surface area contributed by atoms with Crippen LogP contribution in [0.1, 0.15) is 51.4 Å². The minimum atomic E-state index is 0.223. The van der Waals surface area contributed by atoms with Crippen molar-refractivity contribution in [2.24, 2.45) is 0 Å². The Bertz CT molecular complexity index is 662. The fourth-order valence-electron chi connectivity index (χ4n) is 3.11. The van der Waals surface area contributed by atoms with Crippen molar-refractivity contribution < 1.29 is 0 Å². The van der Waals surface area contributed by atoms with Crippen LogP contribution in [0.25, 0.3) is 0 Å². The highest BCUT2D eigenvalue weighted by molar-refractivity contribution is 5.40. The van der Waals surface area contributed by atoms with Crippen LogP contribution >= 0.6 is 0 Å². The van der Waals surface area contributed by atoms with E-state index in [4.69, 9.17) is 11.5 Å². The van der Waals surface area contributed by atoms with Crippen LogP contribution in [0.4, 0.5) is 35.7 Å². The van der Waals surface area contributed by atoms with Crippen LogP contribution in [0.3, 0.4) is 0 Å². The monoisotopic (exact) mass is 416 g/mol. The average Bonchev–Trinajstić information content (AvgIpc) is 2.70. The number of aromatic nitrogens is 6. The molecule has 0 radical (unpaired) electrons. The molecule has 0 aromatic carbocycles. The molecular weight excluding hydrogens is 384 g/mol. The Hall–Kier alpha value is -3.18. The molecule has 12 heteroatoms. The number of nitrogen functional groups attached to an aromatic ring is 2. The lowest BCUT2D eigenvalue weighted by atomic mass is 10.2. The van der Waals surface area contributed by atoms with E-state index >= 15 is 0 Å². The molecule has 1 aliphatic rings. The second-order valence-corrected chi connectivity index (χ2v) is 7.22. The number of fused-ring (bicyclic) bond motifs is 4. The summed E-state index contributed by atoms with van der Waals surface area (Å²) in [6.45, 7) is 3.15. The van der Waals surface area contributed by atoms with E-state index in [0.717, 1.165) is 77.5 Å². The molecule has 4 bridgehead atoms. The zero-order chi connectivity index (χ0) is 21.0. The third-order valence-electron chi connectivity index (χ3n) is 4.64. The summed E-state index contributed by atoms with van der Waals surface area (Å²) < 4.78 is 0. The molecule has 164 valence electrons. The fourth-order valence-corrected chi connectivity index (χ4v) is 3.11. The normalized spacial score (nSPS) is 17.1. The summed E-state index contributed by atoms with van der Waals surface area (Å²) in [5, 5.41) is 12.9. The third kappa shape index (κ3) is 7.68. The molecule has 0 saturated heterocycles. The Morgan fingerprint density at radius 2 is 0.667 bits per heavy atom. The van der Waals surface area contributed by atoms with E-state index in [1.807, 2.05) is 0 Å². The highest BCUT2D eigenvalue weighted by Gasteiger charge is 2.06. The van der Waals surface area contributed by atoms with E-state index in [0.29, 0.717) is 23.8 Å². The van der Waals surface area contributed by atoms with Gasteiger partial charge in [-0.05, 0) is 25.7 Å². The van der Waals surface area contributed by atoms with E-state index in [2.05, 4.69) is 51.2 Å². The minimum absolute atomic E-state index is 0.223. The molecule has 2 aromatic heterocycles. The van der Waals surface area contributed by atoms with Crippen molar-refractivity contribution in [2.45, 2.75) is 51.4 Å². The van der Waals surface area contributed by atoms with Gasteiger partial charge < -0.3 is 32.7 Å². The predicted octanol–water partition coefficient (Wildman–Crippen LogP) is 1.70. The first kappa shape index (κ1) is 21.5. The summed E-state index contributed by atoms with van der Waals surface area (Å²) in [6, 6.07) is 0. The molecule has 30 heavy (non-hydrogen) atoms. The fraction of sp³-hybridized carbons (Fsp3) is 0.667. The second kappa shape index (κ2) is 11.7. The summed E-state index contributed by atoms with van der Waals surface area (Å²) in [5.41, 5.74) is 11.6. The first-order valence-corrected chi connectivity index (χ1v) is 10.7. The molecule has 0 unspecified atom stereocenters. The molecule has 1 aliphatic heterocycles. The van der Waals surface area contributed by atoms with Gasteiger partial charge in [-0.3, -0.25) is 0 Å².